The van der Waals surface area contributed by atoms with Crippen molar-refractivity contribution in [1.82, 2.24) is 4.90 Å². The molecule has 30 heavy (non-hydrogen) atoms. The third-order valence-corrected chi connectivity index (χ3v) is 5.17. The number of para-hydroxylation sites is 1. The van der Waals surface area contributed by atoms with E-state index in [-0.39, 0.29) is 23.9 Å². The first-order valence-electron chi connectivity index (χ1n) is 8.96. The van der Waals surface area contributed by atoms with Crippen LogP contribution in [0.5, 0.6) is 11.5 Å². The summed E-state index contributed by atoms with van der Waals surface area (Å²) in [5, 5.41) is 2.22. The fourth-order valence-corrected chi connectivity index (χ4v) is 3.57. The molecule has 1 heterocycles. The average molecular weight is 440 g/mol. The van der Waals surface area contributed by atoms with Gasteiger partial charge in [0.15, 0.2) is 11.5 Å². The van der Waals surface area contributed by atoms with Gasteiger partial charge in [0.25, 0.3) is 0 Å². The zero-order valence-corrected chi connectivity index (χ0v) is 16.8. The number of nitrogens with one attached hydrogen (secondary N) is 1. The van der Waals surface area contributed by atoms with Crippen molar-refractivity contribution in [3.8, 4) is 11.5 Å². The molecule has 0 aliphatic carbocycles. The predicted molar refractivity (Wildman–Crippen MR) is 106 cm³/mol. The van der Waals surface area contributed by atoms with Crippen LogP contribution in [0.25, 0.3) is 0 Å². The van der Waals surface area contributed by atoms with Gasteiger partial charge in [0, 0.05) is 11.9 Å². The first kappa shape index (κ1) is 21.8. The second kappa shape index (κ2) is 9.29. The highest BCUT2D eigenvalue weighted by Gasteiger charge is 2.33. The molecule has 0 radical (unpaired) electrons. The van der Waals surface area contributed by atoms with Crippen molar-refractivity contribution in [2.45, 2.75) is 11.1 Å². The van der Waals surface area contributed by atoms with Crippen LogP contribution in [-0.2, 0) is 15.8 Å². The van der Waals surface area contributed by atoms with Gasteiger partial charge in [-0.2, -0.15) is 13.2 Å². The Hall–Kier alpha value is -2.88. The highest BCUT2D eigenvalue weighted by Crippen LogP contribution is 2.35. The molecular formula is C20H19F3N2O4S. The number of benzene rings is 2. The van der Waals surface area contributed by atoms with Gasteiger partial charge in [-0.05, 0) is 30.3 Å². The lowest BCUT2D eigenvalue weighted by Crippen LogP contribution is -2.36. The number of ether oxygens (including phenoxy) is 2. The number of hydrogen-bond donors (Lipinski definition) is 1. The smallest absolute Gasteiger partial charge is 0.418 e. The highest BCUT2D eigenvalue weighted by atomic mass is 32.2. The number of anilines is 1. The monoisotopic (exact) mass is 440 g/mol. The third-order valence-electron chi connectivity index (χ3n) is 4.19. The summed E-state index contributed by atoms with van der Waals surface area (Å²) in [6.45, 7) is 0.570. The largest absolute Gasteiger partial charge is 0.486 e. The molecule has 160 valence electrons. The van der Waals surface area contributed by atoms with Crippen molar-refractivity contribution >= 4 is 29.3 Å². The lowest BCUT2D eigenvalue weighted by atomic mass is 10.1. The summed E-state index contributed by atoms with van der Waals surface area (Å²) >= 11 is 1.26. The summed E-state index contributed by atoms with van der Waals surface area (Å²) < 4.78 is 50.0. The first-order valence-corrected chi connectivity index (χ1v) is 9.95. The molecule has 0 saturated heterocycles. The van der Waals surface area contributed by atoms with E-state index in [2.05, 4.69) is 5.32 Å². The van der Waals surface area contributed by atoms with E-state index in [0.717, 1.165) is 15.9 Å². The molecule has 10 heteroatoms. The van der Waals surface area contributed by atoms with E-state index < -0.39 is 17.6 Å². The molecule has 3 rings (SSSR count). The molecule has 2 aromatic carbocycles. The number of nitrogens with zero attached hydrogens (tertiary/aromatic N) is 1. The van der Waals surface area contributed by atoms with Crippen LogP contribution in [0.2, 0.25) is 0 Å². The Kier molecular flexibility index (Phi) is 6.76. The molecule has 1 N–H and O–H groups in total. The Bertz CT molecular complexity index is 937. The lowest BCUT2D eigenvalue weighted by Gasteiger charge is -2.19. The number of rotatable bonds is 6. The van der Waals surface area contributed by atoms with Crippen molar-refractivity contribution in [1.29, 1.82) is 0 Å². The minimum absolute atomic E-state index is 0.0581. The van der Waals surface area contributed by atoms with Gasteiger partial charge in [0.05, 0.1) is 23.5 Å². The zero-order valence-electron chi connectivity index (χ0n) is 16.0. The van der Waals surface area contributed by atoms with Crippen LogP contribution in [0.3, 0.4) is 0 Å². The molecule has 0 saturated carbocycles. The molecule has 2 aromatic rings. The molecule has 0 bridgehead atoms. The maximum Gasteiger partial charge on any atom is 0.418 e. The molecule has 2 amide bonds. The van der Waals surface area contributed by atoms with Gasteiger partial charge in [-0.3, -0.25) is 9.59 Å². The van der Waals surface area contributed by atoms with Crippen molar-refractivity contribution in [2.75, 3.05) is 37.9 Å². The van der Waals surface area contributed by atoms with Gasteiger partial charge < -0.3 is 19.7 Å². The van der Waals surface area contributed by atoms with Crippen molar-refractivity contribution in [2.24, 2.45) is 0 Å². The highest BCUT2D eigenvalue weighted by molar-refractivity contribution is 8.00. The lowest BCUT2D eigenvalue weighted by molar-refractivity contribution is -0.137. The van der Waals surface area contributed by atoms with Crippen molar-refractivity contribution in [3.63, 3.8) is 0 Å². The maximum absolute atomic E-state index is 13.0. The number of carbonyl (C=O) groups is 2. The Balaban J connectivity index is 1.53. The molecule has 1 aliphatic heterocycles. The van der Waals surface area contributed by atoms with Crippen LogP contribution in [0.4, 0.5) is 18.9 Å². The van der Waals surface area contributed by atoms with E-state index >= 15 is 0 Å². The number of thioether (sulfide) groups is 1. The van der Waals surface area contributed by atoms with Crippen LogP contribution in [0.15, 0.2) is 47.4 Å². The maximum atomic E-state index is 13.0. The predicted octanol–water partition coefficient (Wildman–Crippen LogP) is 3.67. The van der Waals surface area contributed by atoms with Gasteiger partial charge >= 0.3 is 6.18 Å². The van der Waals surface area contributed by atoms with E-state index in [1.807, 2.05) is 0 Å². The van der Waals surface area contributed by atoms with Gasteiger partial charge in [-0.1, -0.05) is 12.1 Å². The fraction of sp³-hybridized carbons (Fsp3) is 0.300. The summed E-state index contributed by atoms with van der Waals surface area (Å²) in [5.74, 6) is 0.253. The van der Waals surface area contributed by atoms with Crippen molar-refractivity contribution < 1.29 is 32.2 Å². The number of alkyl halides is 3. The number of amides is 2. The molecule has 0 fully saturated rings. The normalized spacial score (nSPS) is 12.9. The van der Waals surface area contributed by atoms with E-state index in [1.54, 1.807) is 18.2 Å². The topological polar surface area (TPSA) is 67.9 Å². The van der Waals surface area contributed by atoms with Gasteiger partial charge in [-0.15, -0.1) is 11.8 Å². The quantitative estimate of drug-likeness (QED) is 0.695. The third kappa shape index (κ3) is 5.59. The zero-order chi connectivity index (χ0) is 21.7. The SMILES string of the molecule is CN(CC(=O)Nc1ccccc1C(F)(F)F)C(=O)CSc1ccc2c(c1)OCCO2. The van der Waals surface area contributed by atoms with E-state index in [4.69, 9.17) is 9.47 Å². The molecule has 0 spiro atoms. The number of fused-ring (bicyclic) bond motifs is 1. The molecular weight excluding hydrogens is 421 g/mol. The van der Waals surface area contributed by atoms with Crippen LogP contribution < -0.4 is 14.8 Å². The second-order valence-corrected chi connectivity index (χ2v) is 7.48. The van der Waals surface area contributed by atoms with Crippen molar-refractivity contribution in [3.05, 3.63) is 48.0 Å². The average Bonchev–Trinajstić information content (AvgIpc) is 2.71. The minimum Gasteiger partial charge on any atom is -0.486 e. The van der Waals surface area contributed by atoms with Gasteiger partial charge in [-0.25, -0.2) is 0 Å². The van der Waals surface area contributed by atoms with Gasteiger partial charge in [0.2, 0.25) is 11.8 Å². The van der Waals surface area contributed by atoms with E-state index in [1.165, 1.54) is 37.0 Å². The summed E-state index contributed by atoms with van der Waals surface area (Å²) in [4.78, 5) is 26.4. The Morgan fingerprint density at radius 2 is 1.80 bits per heavy atom. The first-order chi connectivity index (χ1) is 14.2. The Labute approximate surface area is 175 Å². The summed E-state index contributed by atoms with van der Waals surface area (Å²) in [7, 11) is 1.42. The van der Waals surface area contributed by atoms with Crippen LogP contribution >= 0.6 is 11.8 Å². The molecule has 0 atom stereocenters. The molecule has 0 unspecified atom stereocenters. The molecule has 0 aromatic heterocycles. The summed E-state index contributed by atoms with van der Waals surface area (Å²) in [6.07, 6.45) is -4.59. The fourth-order valence-electron chi connectivity index (χ4n) is 2.70. The molecule has 6 nitrogen and oxygen atoms in total. The standard InChI is InChI=1S/C20H19F3N2O4S/c1-25(11-18(26)24-15-5-3-2-4-14(15)20(21,22)23)19(27)12-30-13-6-7-16-17(10-13)29-9-8-28-16/h2-7,10H,8-9,11-12H2,1H3,(H,24,26). The summed E-state index contributed by atoms with van der Waals surface area (Å²) in [5.41, 5.74) is -1.29. The molecule has 1 aliphatic rings. The minimum atomic E-state index is -4.59. The van der Waals surface area contributed by atoms with E-state index in [0.29, 0.717) is 24.7 Å². The van der Waals surface area contributed by atoms with Crippen LogP contribution in [0.1, 0.15) is 5.56 Å². The Morgan fingerprint density at radius 3 is 2.53 bits per heavy atom. The van der Waals surface area contributed by atoms with Crippen LogP contribution in [-0.4, -0.2) is 49.3 Å². The number of likely N-dealkylation sites (N-methyl/N-ethyl adjacent to an activating group) is 1. The second-order valence-electron chi connectivity index (χ2n) is 6.44. The van der Waals surface area contributed by atoms with Crippen LogP contribution in [0, 0.1) is 0 Å². The Morgan fingerprint density at radius 1 is 1.10 bits per heavy atom. The van der Waals surface area contributed by atoms with E-state index in [9.17, 15) is 22.8 Å². The van der Waals surface area contributed by atoms with Gasteiger partial charge in [0.1, 0.15) is 13.2 Å². The number of hydrogen-bond acceptors (Lipinski definition) is 5. The number of halogens is 3. The summed E-state index contributed by atoms with van der Waals surface area (Å²) in [6, 6.07) is 10.0. The number of carbonyl (C=O) groups excluding carboxylic acids is 2.